The van der Waals surface area contributed by atoms with Gasteiger partial charge in [-0.3, -0.25) is 9.59 Å². The summed E-state index contributed by atoms with van der Waals surface area (Å²) >= 11 is 18.2. The van der Waals surface area contributed by atoms with Crippen LogP contribution in [0.4, 0.5) is 0 Å². The van der Waals surface area contributed by atoms with E-state index in [1.165, 1.54) is 43.3 Å². The van der Waals surface area contributed by atoms with Crippen molar-refractivity contribution in [1.29, 1.82) is 0 Å². The molecule has 0 bridgehead atoms. The van der Waals surface area contributed by atoms with Gasteiger partial charge in [0.15, 0.2) is 5.75 Å². The third-order valence-corrected chi connectivity index (χ3v) is 8.96. The highest BCUT2D eigenvalue weighted by Crippen LogP contribution is 2.37. The third-order valence-electron chi connectivity index (χ3n) is 5.10. The Hall–Kier alpha value is -2.25. The summed E-state index contributed by atoms with van der Waals surface area (Å²) in [5.74, 6) is -1.14. The molecule has 0 aliphatic carbocycles. The van der Waals surface area contributed by atoms with Gasteiger partial charge in [0.1, 0.15) is 18.5 Å². The van der Waals surface area contributed by atoms with Gasteiger partial charge in [0.25, 0.3) is 0 Å². The van der Waals surface area contributed by atoms with Gasteiger partial charge in [-0.2, -0.15) is 0 Å². The fourth-order valence-corrected chi connectivity index (χ4v) is 6.46. The molecule has 216 valence electrons. The van der Waals surface area contributed by atoms with Crippen molar-refractivity contribution in [2.45, 2.75) is 36.7 Å². The van der Waals surface area contributed by atoms with E-state index in [9.17, 15) is 26.4 Å². The zero-order valence-corrected chi connectivity index (χ0v) is 25.4. The van der Waals surface area contributed by atoms with Crippen LogP contribution < -0.4 is 9.47 Å². The standard InChI is InChI=1S/C24H28Cl3NO9S2/c1-15(12-28(16(2)29)38(4,31)32)13-35-18-5-7-20(8-6-18)39(33,34)21-9-22(26)24(23(27)10-21)36-14-19(11-25)37-17(3)30/h5-10,15,19H,11-14H2,1-4H3/t15-,19-/m0/s1. The summed E-state index contributed by atoms with van der Waals surface area (Å²) in [5, 5.41) is -0.139. The lowest BCUT2D eigenvalue weighted by molar-refractivity contribution is -0.146. The Balaban J connectivity index is 2.12. The molecule has 0 saturated heterocycles. The molecule has 0 N–H and O–H groups in total. The summed E-state index contributed by atoms with van der Waals surface area (Å²) in [6.45, 7) is 3.99. The third kappa shape index (κ3) is 9.42. The molecular formula is C24H28Cl3NO9S2. The number of sulfone groups is 1. The minimum Gasteiger partial charge on any atom is -0.493 e. The van der Waals surface area contributed by atoms with Gasteiger partial charge in [-0.05, 0) is 36.4 Å². The van der Waals surface area contributed by atoms with Gasteiger partial charge < -0.3 is 14.2 Å². The van der Waals surface area contributed by atoms with Crippen molar-refractivity contribution in [3.05, 3.63) is 46.4 Å². The first-order valence-corrected chi connectivity index (χ1v) is 16.0. The zero-order valence-electron chi connectivity index (χ0n) is 21.5. The summed E-state index contributed by atoms with van der Waals surface area (Å²) in [7, 11) is -7.72. The van der Waals surface area contributed by atoms with Crippen molar-refractivity contribution in [2.75, 3.05) is 31.9 Å². The van der Waals surface area contributed by atoms with Crippen molar-refractivity contribution in [2.24, 2.45) is 5.92 Å². The topological polar surface area (TPSA) is 133 Å². The van der Waals surface area contributed by atoms with E-state index in [0.29, 0.717) is 5.75 Å². The first-order valence-electron chi connectivity index (χ1n) is 11.4. The van der Waals surface area contributed by atoms with E-state index >= 15 is 0 Å². The quantitative estimate of drug-likeness (QED) is 0.232. The van der Waals surface area contributed by atoms with Crippen molar-refractivity contribution >= 4 is 66.5 Å². The van der Waals surface area contributed by atoms with Gasteiger partial charge in [-0.15, -0.1) is 11.6 Å². The molecule has 0 aromatic heterocycles. The minimum atomic E-state index is -4.02. The van der Waals surface area contributed by atoms with Gasteiger partial charge in [0, 0.05) is 26.3 Å². The highest BCUT2D eigenvalue weighted by Gasteiger charge is 2.24. The molecule has 0 unspecified atom stereocenters. The molecule has 2 rings (SSSR count). The molecule has 0 aliphatic rings. The summed E-state index contributed by atoms with van der Waals surface area (Å²) < 4.78 is 66.8. The van der Waals surface area contributed by atoms with Gasteiger partial charge in [0.2, 0.25) is 25.8 Å². The molecule has 0 radical (unpaired) electrons. The molecule has 0 saturated carbocycles. The maximum Gasteiger partial charge on any atom is 0.303 e. The van der Waals surface area contributed by atoms with Crippen LogP contribution in [0.15, 0.2) is 46.2 Å². The molecule has 0 fully saturated rings. The number of rotatable bonds is 13. The highest BCUT2D eigenvalue weighted by atomic mass is 35.5. The first-order chi connectivity index (χ1) is 18.1. The second kappa shape index (κ2) is 13.9. The lowest BCUT2D eigenvalue weighted by Gasteiger charge is -2.22. The van der Waals surface area contributed by atoms with Crippen LogP contribution in [-0.4, -0.2) is 71.0 Å². The number of ether oxygens (including phenoxy) is 3. The second-order valence-corrected chi connectivity index (χ2v) is 13.6. The number of sulfonamides is 1. The summed E-state index contributed by atoms with van der Waals surface area (Å²) in [4.78, 5) is 22.5. The van der Waals surface area contributed by atoms with Crippen LogP contribution >= 0.6 is 34.8 Å². The number of hydrogen-bond acceptors (Lipinski definition) is 9. The van der Waals surface area contributed by atoms with Crippen LogP contribution in [0, 0.1) is 5.92 Å². The van der Waals surface area contributed by atoms with Crippen LogP contribution in [0.1, 0.15) is 20.8 Å². The maximum atomic E-state index is 13.2. The number of esters is 1. The van der Waals surface area contributed by atoms with E-state index in [0.717, 1.165) is 17.5 Å². The number of nitrogens with zero attached hydrogens (tertiary/aromatic N) is 1. The predicted molar refractivity (Wildman–Crippen MR) is 147 cm³/mol. The van der Waals surface area contributed by atoms with Crippen LogP contribution in [0.25, 0.3) is 0 Å². The maximum absolute atomic E-state index is 13.2. The van der Waals surface area contributed by atoms with Crippen molar-refractivity contribution in [3.63, 3.8) is 0 Å². The Bertz CT molecular complexity index is 1380. The summed E-state index contributed by atoms with van der Waals surface area (Å²) in [6, 6.07) is 7.94. The molecular weight excluding hydrogens is 617 g/mol. The molecule has 1 amide bonds. The smallest absolute Gasteiger partial charge is 0.303 e. The van der Waals surface area contributed by atoms with E-state index in [4.69, 9.17) is 49.0 Å². The number of benzene rings is 2. The number of carbonyl (C=O) groups is 2. The Labute approximate surface area is 243 Å². The molecule has 0 heterocycles. The monoisotopic (exact) mass is 643 g/mol. The Kier molecular flexibility index (Phi) is 11.7. The summed E-state index contributed by atoms with van der Waals surface area (Å²) in [6.07, 6.45) is 0.196. The molecule has 0 spiro atoms. The van der Waals surface area contributed by atoms with Gasteiger partial charge >= 0.3 is 5.97 Å². The highest BCUT2D eigenvalue weighted by molar-refractivity contribution is 7.91. The summed E-state index contributed by atoms with van der Waals surface area (Å²) in [5.41, 5.74) is 0. The van der Waals surface area contributed by atoms with Crippen molar-refractivity contribution < 1.29 is 40.6 Å². The van der Waals surface area contributed by atoms with E-state index in [2.05, 4.69) is 0 Å². The normalized spacial score (nSPS) is 13.3. The van der Waals surface area contributed by atoms with E-state index in [-0.39, 0.29) is 57.1 Å². The zero-order chi connectivity index (χ0) is 29.5. The number of hydrogen-bond donors (Lipinski definition) is 0. The average Bonchev–Trinajstić information content (AvgIpc) is 2.83. The molecule has 15 heteroatoms. The fraction of sp³-hybridized carbons (Fsp3) is 0.417. The lowest BCUT2D eigenvalue weighted by atomic mass is 10.2. The minimum absolute atomic E-state index is 0.0108. The second-order valence-electron chi connectivity index (χ2n) is 8.62. The fourth-order valence-electron chi connectivity index (χ4n) is 3.27. The van der Waals surface area contributed by atoms with E-state index in [1.54, 1.807) is 6.92 Å². The predicted octanol–water partition coefficient (Wildman–Crippen LogP) is 4.20. The number of halogens is 3. The van der Waals surface area contributed by atoms with Gasteiger partial charge in [0.05, 0.1) is 38.6 Å². The first kappa shape index (κ1) is 33.0. The molecule has 39 heavy (non-hydrogen) atoms. The Morgan fingerprint density at radius 1 is 0.923 bits per heavy atom. The number of carbonyl (C=O) groups excluding carboxylic acids is 2. The molecule has 0 aliphatic heterocycles. The Morgan fingerprint density at radius 3 is 1.95 bits per heavy atom. The number of amides is 1. The van der Waals surface area contributed by atoms with E-state index in [1.807, 2.05) is 0 Å². The van der Waals surface area contributed by atoms with Gasteiger partial charge in [-0.25, -0.2) is 21.1 Å². The van der Waals surface area contributed by atoms with Crippen LogP contribution in [0.3, 0.4) is 0 Å². The lowest BCUT2D eigenvalue weighted by Crippen LogP contribution is -2.38. The molecule has 2 atom stereocenters. The van der Waals surface area contributed by atoms with E-state index < -0.39 is 37.8 Å². The molecule has 2 aromatic carbocycles. The van der Waals surface area contributed by atoms with Crippen molar-refractivity contribution in [3.8, 4) is 11.5 Å². The average molecular weight is 645 g/mol. The van der Waals surface area contributed by atoms with Crippen LogP contribution in [0.5, 0.6) is 11.5 Å². The Morgan fingerprint density at radius 2 is 1.49 bits per heavy atom. The molecule has 10 nitrogen and oxygen atoms in total. The van der Waals surface area contributed by atoms with Crippen molar-refractivity contribution in [1.82, 2.24) is 4.31 Å². The van der Waals surface area contributed by atoms with Crippen LogP contribution in [0.2, 0.25) is 10.0 Å². The SMILES string of the molecule is CC(=O)O[C@@H](CCl)COc1c(Cl)cc(S(=O)(=O)c2ccc(OC[C@@H](C)CN(C(C)=O)S(C)(=O)=O)cc2)cc1Cl. The number of alkyl halides is 1. The van der Waals surface area contributed by atoms with Crippen LogP contribution in [-0.2, 0) is 34.2 Å². The largest absolute Gasteiger partial charge is 0.493 e. The van der Waals surface area contributed by atoms with Gasteiger partial charge in [-0.1, -0.05) is 30.1 Å². The molecule has 2 aromatic rings.